The molecular weight excluding hydrogens is 309 g/mol. The van der Waals surface area contributed by atoms with Crippen LogP contribution in [-0.2, 0) is 9.59 Å². The van der Waals surface area contributed by atoms with E-state index in [1.54, 1.807) is 0 Å². The molecule has 1 atom stereocenters. The molecule has 9 nitrogen and oxygen atoms in total. The van der Waals surface area contributed by atoms with Gasteiger partial charge in [-0.1, -0.05) is 0 Å². The summed E-state index contributed by atoms with van der Waals surface area (Å²) in [6.45, 7) is 0. The van der Waals surface area contributed by atoms with Gasteiger partial charge in [0.05, 0.1) is 17.4 Å². The van der Waals surface area contributed by atoms with E-state index in [2.05, 4.69) is 10.6 Å². The van der Waals surface area contributed by atoms with E-state index < -0.39 is 29.4 Å². The number of benzene rings is 1. The fourth-order valence-electron chi connectivity index (χ4n) is 1.32. The van der Waals surface area contributed by atoms with E-state index >= 15 is 0 Å². The van der Waals surface area contributed by atoms with Crippen LogP contribution in [0.3, 0.4) is 0 Å². The van der Waals surface area contributed by atoms with Gasteiger partial charge in [-0.15, -0.1) is 0 Å². The van der Waals surface area contributed by atoms with Gasteiger partial charge in [0.1, 0.15) is 6.29 Å². The van der Waals surface area contributed by atoms with Crippen LogP contribution in [0.5, 0.6) is 0 Å². The van der Waals surface area contributed by atoms with Crippen molar-refractivity contribution in [1.82, 2.24) is 5.32 Å². The Kier molecular flexibility index (Phi) is 8.97. The Morgan fingerprint density at radius 2 is 1.90 bits per heavy atom. The number of hydrogen-bond donors (Lipinski definition) is 3. The molecule has 0 saturated carbocycles. The number of carbonyl (C=O) groups excluding carboxylic acids is 2. The first kappa shape index (κ1) is 19.7. The molecule has 1 rings (SSSR count). The molecule has 1 aromatic rings. The van der Waals surface area contributed by atoms with Crippen molar-refractivity contribution in [1.29, 1.82) is 0 Å². The predicted octanol–water partition coefficient (Wildman–Crippen LogP) is 0.110. The van der Waals surface area contributed by atoms with Gasteiger partial charge in [0.2, 0.25) is 0 Å². The molecule has 0 aromatic heterocycles. The molecule has 10 heteroatoms. The van der Waals surface area contributed by atoms with Crippen LogP contribution in [0.1, 0.15) is 6.42 Å². The summed E-state index contributed by atoms with van der Waals surface area (Å²) >= 11 is 0. The molecule has 0 radical (unpaired) electrons. The molecule has 0 fully saturated rings. The van der Waals surface area contributed by atoms with Gasteiger partial charge < -0.3 is 20.5 Å². The number of carboxylic acid groups (broad SMARTS) is 1. The van der Waals surface area contributed by atoms with E-state index in [0.717, 1.165) is 0 Å². The Labute approximate surface area is 161 Å². The summed E-state index contributed by atoms with van der Waals surface area (Å²) in [6.07, 6.45) is -0.222. The maximum absolute atomic E-state index is 11.5. The quantitative estimate of drug-likeness (QED) is 0.294. The second kappa shape index (κ2) is 9.58. The second-order valence-electron chi connectivity index (χ2n) is 3.74. The van der Waals surface area contributed by atoms with Gasteiger partial charge in [0.25, 0.3) is 5.69 Å². The second-order valence-corrected chi connectivity index (χ2v) is 3.74. The molecule has 108 valence electrons. The first-order valence-corrected chi connectivity index (χ1v) is 5.41. The number of carbonyl (C=O) groups is 3. The summed E-state index contributed by atoms with van der Waals surface area (Å²) in [5.74, 6) is -1.22. The zero-order chi connectivity index (χ0) is 15.1. The van der Waals surface area contributed by atoms with E-state index in [1.807, 2.05) is 0 Å². The number of anilines is 1. The normalized spacial score (nSPS) is 10.7. The fourth-order valence-corrected chi connectivity index (χ4v) is 1.32. The zero-order valence-corrected chi connectivity index (χ0v) is 10.1. The number of rotatable bonds is 6. The average molecular weight is 321 g/mol. The number of non-ortho nitro benzene ring substituents is 1. The van der Waals surface area contributed by atoms with Crippen LogP contribution in [-0.4, -0.2) is 85.7 Å². The van der Waals surface area contributed by atoms with Crippen LogP contribution in [0.25, 0.3) is 0 Å². The first-order valence-electron chi connectivity index (χ1n) is 5.41. The molecule has 0 aliphatic carbocycles. The Bertz CT molecular complexity index is 533. The number of carboxylic acids is 1. The van der Waals surface area contributed by atoms with Gasteiger partial charge in [-0.2, -0.15) is 0 Å². The zero-order valence-electron chi connectivity index (χ0n) is 10.1. The molecule has 0 unspecified atom stereocenters. The van der Waals surface area contributed by atoms with Crippen molar-refractivity contribution in [3.63, 3.8) is 0 Å². The number of amides is 2. The third-order valence-corrected chi connectivity index (χ3v) is 2.21. The Balaban J connectivity index is 0.00000400. The van der Waals surface area contributed by atoms with Gasteiger partial charge >= 0.3 is 63.4 Å². The number of nitro benzene ring substituents is 1. The monoisotopic (exact) mass is 321 g/mol. The van der Waals surface area contributed by atoms with Crippen LogP contribution >= 0.6 is 0 Å². The van der Waals surface area contributed by atoms with Crippen molar-refractivity contribution in [3.8, 4) is 0 Å². The van der Waals surface area contributed by atoms with Crippen molar-refractivity contribution in [3.05, 3.63) is 34.4 Å². The summed E-state index contributed by atoms with van der Waals surface area (Å²) in [5, 5.41) is 23.4. The average Bonchev–Trinajstić information content (AvgIpc) is 2.37. The molecule has 0 aliphatic rings. The molecule has 0 aliphatic heterocycles. The molecule has 2 amide bonds. The molecule has 0 saturated heterocycles. The number of hydrogen-bond acceptors (Lipinski definition) is 5. The summed E-state index contributed by atoms with van der Waals surface area (Å²) in [6, 6.07) is 3.09. The summed E-state index contributed by atoms with van der Waals surface area (Å²) in [4.78, 5) is 42.3. The maximum atomic E-state index is 11.5. The topological polar surface area (TPSA) is 139 Å². The third-order valence-electron chi connectivity index (χ3n) is 2.21. The molecule has 0 heterocycles. The van der Waals surface area contributed by atoms with Crippen molar-refractivity contribution in [2.24, 2.45) is 0 Å². The molecule has 1 aromatic carbocycles. The predicted molar refractivity (Wildman–Crippen MR) is 74.5 cm³/mol. The van der Waals surface area contributed by atoms with Crippen LogP contribution in [0.4, 0.5) is 16.2 Å². The van der Waals surface area contributed by atoms with E-state index in [0.29, 0.717) is 6.29 Å². The third kappa shape index (κ3) is 7.29. The molecule has 0 spiro atoms. The van der Waals surface area contributed by atoms with Gasteiger partial charge in [0, 0.05) is 17.8 Å². The van der Waals surface area contributed by atoms with Crippen LogP contribution in [0, 0.1) is 10.1 Å². The summed E-state index contributed by atoms with van der Waals surface area (Å²) in [5.41, 5.74) is 0.140. The number of urea groups is 1. The van der Waals surface area contributed by atoms with Gasteiger partial charge in [-0.05, 0) is 12.1 Å². The minimum atomic E-state index is -1.22. The minimum absolute atomic E-state index is 0. The Hall–Kier alpha value is -1.33. The molecular formula is C11H12KN3O6. The Morgan fingerprint density at radius 3 is 2.33 bits per heavy atom. The van der Waals surface area contributed by atoms with Crippen molar-refractivity contribution >= 4 is 81.0 Å². The molecule has 3 N–H and O–H groups in total. The molecule has 21 heavy (non-hydrogen) atoms. The first-order chi connectivity index (χ1) is 9.42. The number of nitrogens with zero attached hydrogens (tertiary/aromatic N) is 1. The van der Waals surface area contributed by atoms with Crippen LogP contribution in [0.2, 0.25) is 0 Å². The number of aliphatic carboxylic acids is 1. The Morgan fingerprint density at radius 1 is 1.33 bits per heavy atom. The van der Waals surface area contributed by atoms with Crippen LogP contribution < -0.4 is 10.6 Å². The van der Waals surface area contributed by atoms with Crippen molar-refractivity contribution in [2.75, 3.05) is 5.32 Å². The van der Waals surface area contributed by atoms with Gasteiger partial charge in [-0.25, -0.2) is 4.79 Å². The van der Waals surface area contributed by atoms with Gasteiger partial charge in [-0.3, -0.25) is 14.9 Å². The summed E-state index contributed by atoms with van der Waals surface area (Å²) in [7, 11) is 0. The molecule has 0 bridgehead atoms. The number of nitro groups is 1. The SMILES string of the molecule is O=C[C@H](CC(=O)O)NC(=O)Nc1ccc([N+](=O)[O-])cc1.[KH]. The van der Waals surface area contributed by atoms with Crippen LogP contribution in [0.15, 0.2) is 24.3 Å². The standard InChI is InChI=1S/C11H11N3O6.K.H/c15-6-8(5-10(16)17)13-11(18)12-7-1-3-9(4-2-7)14(19)20;;/h1-4,6,8H,5H2,(H,16,17)(H2,12,13,18);;/t8-;;/m0../s1. The van der Waals surface area contributed by atoms with E-state index in [9.17, 15) is 24.5 Å². The van der Waals surface area contributed by atoms with E-state index in [1.165, 1.54) is 24.3 Å². The number of aldehydes is 1. The van der Waals surface area contributed by atoms with Gasteiger partial charge in [0.15, 0.2) is 0 Å². The fraction of sp³-hybridized carbons (Fsp3) is 0.182. The van der Waals surface area contributed by atoms with E-state index in [4.69, 9.17) is 5.11 Å². The van der Waals surface area contributed by atoms with E-state index in [-0.39, 0.29) is 62.8 Å². The number of nitrogens with one attached hydrogen (secondary N) is 2. The van der Waals surface area contributed by atoms with Crippen molar-refractivity contribution < 1.29 is 24.4 Å². The summed E-state index contributed by atoms with van der Waals surface area (Å²) < 4.78 is 0. The van der Waals surface area contributed by atoms with Crippen molar-refractivity contribution in [2.45, 2.75) is 12.5 Å².